The lowest BCUT2D eigenvalue weighted by Crippen LogP contribution is -2.52. The number of hydrogen-bond donors (Lipinski definition) is 1. The Hall–Kier alpha value is -2.27. The predicted octanol–water partition coefficient (Wildman–Crippen LogP) is 5.61. The van der Waals surface area contributed by atoms with E-state index in [1.807, 2.05) is 48.2 Å². The van der Waals surface area contributed by atoms with Gasteiger partial charge in [-0.15, -0.1) is 0 Å². The van der Waals surface area contributed by atoms with Gasteiger partial charge in [0.2, 0.25) is 11.8 Å². The lowest BCUT2D eigenvalue weighted by atomic mass is 9.95. The molecule has 178 valence electrons. The highest BCUT2D eigenvalue weighted by molar-refractivity contribution is 7.98. The Balaban J connectivity index is 1.60. The van der Waals surface area contributed by atoms with Crippen molar-refractivity contribution >= 4 is 23.6 Å². The van der Waals surface area contributed by atoms with E-state index in [4.69, 9.17) is 0 Å². The summed E-state index contributed by atoms with van der Waals surface area (Å²) in [7, 11) is 0. The Labute approximate surface area is 203 Å². The molecule has 1 aliphatic carbocycles. The molecule has 33 heavy (non-hydrogen) atoms. The van der Waals surface area contributed by atoms with Crippen LogP contribution in [0.5, 0.6) is 0 Å². The number of carbonyl (C=O) groups excluding carboxylic acids is 2. The van der Waals surface area contributed by atoms with Gasteiger partial charge in [-0.05, 0) is 36.8 Å². The van der Waals surface area contributed by atoms with Gasteiger partial charge in [-0.2, -0.15) is 11.8 Å². The maximum atomic E-state index is 13.3. The molecule has 1 saturated carbocycles. The molecule has 0 unspecified atom stereocenters. The zero-order chi connectivity index (χ0) is 23.3. The van der Waals surface area contributed by atoms with Crippen LogP contribution in [0.4, 0.5) is 0 Å². The van der Waals surface area contributed by atoms with Crippen LogP contribution in [0, 0.1) is 0 Å². The monoisotopic (exact) mass is 466 g/mol. The molecule has 0 bridgehead atoms. The summed E-state index contributed by atoms with van der Waals surface area (Å²) in [6, 6.07) is 20.4. The summed E-state index contributed by atoms with van der Waals surface area (Å²) in [6.07, 6.45) is 7.57. The third kappa shape index (κ3) is 8.54. The summed E-state index contributed by atoms with van der Waals surface area (Å²) in [4.78, 5) is 28.4. The fourth-order valence-corrected chi connectivity index (χ4v) is 5.40. The molecule has 0 spiro atoms. The molecule has 0 aliphatic heterocycles. The van der Waals surface area contributed by atoms with Crippen molar-refractivity contribution in [3.63, 3.8) is 0 Å². The van der Waals surface area contributed by atoms with Gasteiger partial charge in [-0.3, -0.25) is 9.59 Å². The molecule has 5 heteroatoms. The fraction of sp³-hybridized carbons (Fsp3) is 0.500. The lowest BCUT2D eigenvalue weighted by molar-refractivity contribution is -0.140. The summed E-state index contributed by atoms with van der Waals surface area (Å²) in [5.41, 5.74) is 2.46. The molecule has 0 saturated heterocycles. The molecule has 3 rings (SSSR count). The summed E-state index contributed by atoms with van der Waals surface area (Å²) in [6.45, 7) is 2.58. The number of hydrogen-bond acceptors (Lipinski definition) is 3. The molecular formula is C28H38N2O2S. The first-order valence-corrected chi connectivity index (χ1v) is 13.6. The molecule has 1 atom stereocenters. The third-order valence-electron chi connectivity index (χ3n) is 6.39. The van der Waals surface area contributed by atoms with E-state index in [-0.39, 0.29) is 17.9 Å². The lowest BCUT2D eigenvalue weighted by Gasteiger charge is -2.33. The minimum Gasteiger partial charge on any atom is -0.352 e. The van der Waals surface area contributed by atoms with Crippen LogP contribution in [0.25, 0.3) is 0 Å². The van der Waals surface area contributed by atoms with Crippen LogP contribution in [0.15, 0.2) is 60.7 Å². The summed E-state index contributed by atoms with van der Waals surface area (Å²) >= 11 is 1.77. The van der Waals surface area contributed by atoms with Crippen molar-refractivity contribution in [2.75, 3.05) is 12.3 Å². The number of nitrogens with zero attached hydrogens (tertiary/aromatic N) is 1. The van der Waals surface area contributed by atoms with E-state index < -0.39 is 6.04 Å². The molecule has 2 aromatic carbocycles. The van der Waals surface area contributed by atoms with E-state index in [0.717, 1.165) is 30.8 Å². The first kappa shape index (κ1) is 25.4. The highest BCUT2D eigenvalue weighted by Crippen LogP contribution is 2.19. The van der Waals surface area contributed by atoms with Crippen molar-refractivity contribution in [3.05, 3.63) is 71.8 Å². The van der Waals surface area contributed by atoms with Gasteiger partial charge in [0.25, 0.3) is 0 Å². The Kier molecular flexibility index (Phi) is 10.8. The van der Waals surface area contributed by atoms with Gasteiger partial charge in [-0.25, -0.2) is 0 Å². The van der Waals surface area contributed by atoms with E-state index in [1.165, 1.54) is 30.4 Å². The number of nitrogens with one attached hydrogen (secondary N) is 1. The summed E-state index contributed by atoms with van der Waals surface area (Å²) < 4.78 is 0. The SMILES string of the molecule is CC[C@@H](C(=O)NC1CCCCC1)N(CCc1ccccc1)C(=O)CCSCc1ccccc1. The first-order chi connectivity index (χ1) is 16.2. The van der Waals surface area contributed by atoms with Crippen molar-refractivity contribution in [1.29, 1.82) is 0 Å². The largest absolute Gasteiger partial charge is 0.352 e. The van der Waals surface area contributed by atoms with E-state index >= 15 is 0 Å². The Morgan fingerprint density at radius 2 is 1.61 bits per heavy atom. The number of thioether (sulfide) groups is 1. The number of rotatable bonds is 12. The van der Waals surface area contributed by atoms with Gasteiger partial charge in [0, 0.05) is 30.5 Å². The standard InChI is InChI=1S/C28H38N2O2S/c1-2-26(28(32)29-25-16-10-5-11-17-25)30(20-18-23-12-6-3-7-13-23)27(31)19-21-33-22-24-14-8-4-9-15-24/h3-4,6-9,12-15,25-26H,2,5,10-11,16-22H2,1H3,(H,29,32)/t26-/m0/s1. The zero-order valence-electron chi connectivity index (χ0n) is 19.9. The fourth-order valence-electron chi connectivity index (χ4n) is 4.51. The molecule has 0 aromatic heterocycles. The van der Waals surface area contributed by atoms with Crippen LogP contribution in [0.2, 0.25) is 0 Å². The normalized spacial score (nSPS) is 15.1. The average Bonchev–Trinajstić information content (AvgIpc) is 2.86. The second kappa shape index (κ2) is 14.1. The molecule has 1 N–H and O–H groups in total. The Morgan fingerprint density at radius 3 is 2.24 bits per heavy atom. The van der Waals surface area contributed by atoms with Crippen LogP contribution in [0.3, 0.4) is 0 Å². The minimum atomic E-state index is -0.401. The van der Waals surface area contributed by atoms with Gasteiger partial charge >= 0.3 is 0 Å². The molecule has 1 fully saturated rings. The van der Waals surface area contributed by atoms with Gasteiger partial charge < -0.3 is 10.2 Å². The number of benzene rings is 2. The molecule has 2 amide bonds. The van der Waals surface area contributed by atoms with Gasteiger partial charge in [0.1, 0.15) is 6.04 Å². The molecule has 4 nitrogen and oxygen atoms in total. The smallest absolute Gasteiger partial charge is 0.243 e. The maximum Gasteiger partial charge on any atom is 0.243 e. The molecule has 2 aromatic rings. The topological polar surface area (TPSA) is 49.4 Å². The summed E-state index contributed by atoms with van der Waals surface area (Å²) in [5, 5.41) is 3.25. The summed E-state index contributed by atoms with van der Waals surface area (Å²) in [5.74, 6) is 1.76. The highest BCUT2D eigenvalue weighted by Gasteiger charge is 2.29. The van der Waals surface area contributed by atoms with Gasteiger partial charge in [0.05, 0.1) is 0 Å². The van der Waals surface area contributed by atoms with E-state index in [1.54, 1.807) is 11.8 Å². The van der Waals surface area contributed by atoms with Crippen molar-refractivity contribution in [2.24, 2.45) is 0 Å². The van der Waals surface area contributed by atoms with Gasteiger partial charge in [0.15, 0.2) is 0 Å². The minimum absolute atomic E-state index is 0.0164. The molecule has 0 heterocycles. The van der Waals surface area contributed by atoms with Crippen LogP contribution in [0.1, 0.15) is 63.0 Å². The average molecular weight is 467 g/mol. The Bertz CT molecular complexity index is 837. The molecule has 1 aliphatic rings. The van der Waals surface area contributed by atoms with E-state index in [9.17, 15) is 9.59 Å². The zero-order valence-corrected chi connectivity index (χ0v) is 20.7. The predicted molar refractivity (Wildman–Crippen MR) is 138 cm³/mol. The Morgan fingerprint density at radius 1 is 0.970 bits per heavy atom. The van der Waals surface area contributed by atoms with Crippen LogP contribution >= 0.6 is 11.8 Å². The second-order valence-electron chi connectivity index (χ2n) is 8.88. The van der Waals surface area contributed by atoms with Crippen LogP contribution < -0.4 is 5.32 Å². The van der Waals surface area contributed by atoms with Crippen LogP contribution in [-0.2, 0) is 21.8 Å². The quantitative estimate of drug-likeness (QED) is 0.414. The van der Waals surface area contributed by atoms with Crippen molar-refractivity contribution < 1.29 is 9.59 Å². The highest BCUT2D eigenvalue weighted by atomic mass is 32.2. The number of amides is 2. The first-order valence-electron chi connectivity index (χ1n) is 12.4. The molecular weight excluding hydrogens is 428 g/mol. The molecule has 0 radical (unpaired) electrons. The van der Waals surface area contributed by atoms with Crippen molar-refractivity contribution in [1.82, 2.24) is 10.2 Å². The third-order valence-corrected chi connectivity index (χ3v) is 7.42. The van der Waals surface area contributed by atoms with E-state index in [0.29, 0.717) is 19.4 Å². The van der Waals surface area contributed by atoms with Crippen molar-refractivity contribution in [3.8, 4) is 0 Å². The van der Waals surface area contributed by atoms with Gasteiger partial charge in [-0.1, -0.05) is 86.8 Å². The van der Waals surface area contributed by atoms with Crippen LogP contribution in [-0.4, -0.2) is 41.1 Å². The second-order valence-corrected chi connectivity index (χ2v) is 9.98. The number of carbonyl (C=O) groups is 2. The van der Waals surface area contributed by atoms with E-state index in [2.05, 4.69) is 29.6 Å². The maximum absolute atomic E-state index is 13.3. The van der Waals surface area contributed by atoms with Crippen molar-refractivity contribution in [2.45, 2.75) is 76.1 Å².